The van der Waals surface area contributed by atoms with Gasteiger partial charge in [0.05, 0.1) is 12.2 Å². The van der Waals surface area contributed by atoms with Crippen LogP contribution in [0.15, 0.2) is 18.2 Å². The maximum Gasteiger partial charge on any atom is 0.340 e. The Kier molecular flexibility index (Phi) is 4.82. The quantitative estimate of drug-likeness (QED) is 0.845. The normalized spacial score (nSPS) is 17.8. The molecule has 2 N–H and O–H groups in total. The lowest BCUT2D eigenvalue weighted by Gasteiger charge is -2.28. The van der Waals surface area contributed by atoms with E-state index in [0.717, 1.165) is 22.2 Å². The van der Waals surface area contributed by atoms with Crippen LogP contribution in [0, 0.1) is 0 Å². The number of esters is 1. The Morgan fingerprint density at radius 2 is 2.04 bits per heavy atom. The van der Waals surface area contributed by atoms with Crippen LogP contribution in [0.25, 0.3) is 10.9 Å². The van der Waals surface area contributed by atoms with E-state index < -0.39 is 5.92 Å². The summed E-state index contributed by atoms with van der Waals surface area (Å²) in [4.78, 5) is 12.3. The van der Waals surface area contributed by atoms with Crippen molar-refractivity contribution in [3.63, 3.8) is 0 Å². The van der Waals surface area contributed by atoms with Gasteiger partial charge in [0.15, 0.2) is 0 Å². The monoisotopic (exact) mass is 350 g/mol. The van der Waals surface area contributed by atoms with Gasteiger partial charge in [-0.15, -0.1) is 0 Å². The van der Waals surface area contributed by atoms with Gasteiger partial charge in [-0.05, 0) is 37.3 Å². The lowest BCUT2D eigenvalue weighted by atomic mass is 9.82. The molecule has 0 amide bonds. The number of rotatable bonds is 4. The smallest absolute Gasteiger partial charge is 0.340 e. The number of alkyl halides is 2. The molecule has 1 fully saturated rings. The van der Waals surface area contributed by atoms with Crippen molar-refractivity contribution >= 4 is 16.9 Å². The minimum absolute atomic E-state index is 0.0645. The van der Waals surface area contributed by atoms with E-state index in [2.05, 4.69) is 0 Å². The molecule has 0 radical (unpaired) electrons. The second-order valence-corrected chi connectivity index (χ2v) is 6.71. The van der Waals surface area contributed by atoms with Crippen molar-refractivity contribution in [2.24, 2.45) is 12.8 Å². The summed E-state index contributed by atoms with van der Waals surface area (Å²) in [5.74, 6) is -2.78. The molecule has 1 aliphatic carbocycles. The summed E-state index contributed by atoms with van der Waals surface area (Å²) in [6.07, 6.45) is 0.838. The van der Waals surface area contributed by atoms with Crippen LogP contribution in [-0.2, 0) is 18.3 Å². The first-order valence-electron chi connectivity index (χ1n) is 8.74. The predicted octanol–water partition coefficient (Wildman–Crippen LogP) is 4.11. The lowest BCUT2D eigenvalue weighted by molar-refractivity contribution is -0.0382. The van der Waals surface area contributed by atoms with Crippen molar-refractivity contribution in [1.82, 2.24) is 4.57 Å². The van der Waals surface area contributed by atoms with Gasteiger partial charge < -0.3 is 15.0 Å². The number of ether oxygens (including phenoxy) is 1. The van der Waals surface area contributed by atoms with E-state index in [1.165, 1.54) is 0 Å². The first kappa shape index (κ1) is 17.9. The summed E-state index contributed by atoms with van der Waals surface area (Å²) in [6.45, 7) is 2.29. The Balaban J connectivity index is 2.01. The Morgan fingerprint density at radius 1 is 1.36 bits per heavy atom. The highest BCUT2D eigenvalue weighted by molar-refractivity contribution is 6.06. The van der Waals surface area contributed by atoms with Crippen LogP contribution in [0.5, 0.6) is 0 Å². The number of carbonyl (C=O) groups is 1. The van der Waals surface area contributed by atoms with Gasteiger partial charge in [-0.25, -0.2) is 13.6 Å². The van der Waals surface area contributed by atoms with E-state index in [0.29, 0.717) is 25.0 Å². The van der Waals surface area contributed by atoms with Crippen LogP contribution in [0.1, 0.15) is 60.1 Å². The van der Waals surface area contributed by atoms with Gasteiger partial charge in [-0.1, -0.05) is 12.1 Å². The van der Waals surface area contributed by atoms with Crippen LogP contribution in [0.2, 0.25) is 0 Å². The van der Waals surface area contributed by atoms with Crippen LogP contribution < -0.4 is 5.73 Å². The molecule has 0 aliphatic heterocycles. The number of aromatic nitrogens is 1. The summed E-state index contributed by atoms with van der Waals surface area (Å²) in [6, 6.07) is 5.84. The third-order valence-electron chi connectivity index (χ3n) is 5.21. The highest BCUT2D eigenvalue weighted by Crippen LogP contribution is 2.41. The highest BCUT2D eigenvalue weighted by Gasteiger charge is 2.35. The molecule has 0 unspecified atom stereocenters. The number of nitrogens with zero attached hydrogens (tertiary/aromatic N) is 1. The molecule has 0 bridgehead atoms. The van der Waals surface area contributed by atoms with Crippen molar-refractivity contribution in [3.05, 3.63) is 35.0 Å². The zero-order valence-electron chi connectivity index (χ0n) is 14.6. The molecule has 1 saturated carbocycles. The van der Waals surface area contributed by atoms with Gasteiger partial charge in [0.1, 0.15) is 0 Å². The molecule has 4 nitrogen and oxygen atoms in total. The fourth-order valence-corrected chi connectivity index (χ4v) is 3.80. The van der Waals surface area contributed by atoms with Crippen molar-refractivity contribution in [3.8, 4) is 0 Å². The molecule has 3 rings (SSSR count). The summed E-state index contributed by atoms with van der Waals surface area (Å²) >= 11 is 0. The zero-order valence-corrected chi connectivity index (χ0v) is 14.6. The Bertz CT molecular complexity index is 788. The number of carbonyl (C=O) groups excluding carboxylic acids is 1. The molecular weight excluding hydrogens is 326 g/mol. The summed E-state index contributed by atoms with van der Waals surface area (Å²) in [5.41, 5.74) is 9.01. The van der Waals surface area contributed by atoms with E-state index >= 15 is 0 Å². The molecule has 0 atom stereocenters. The van der Waals surface area contributed by atoms with E-state index in [4.69, 9.17) is 10.5 Å². The molecule has 25 heavy (non-hydrogen) atoms. The fourth-order valence-electron chi connectivity index (χ4n) is 3.80. The van der Waals surface area contributed by atoms with Gasteiger partial charge >= 0.3 is 5.97 Å². The SMILES string of the molecule is CCOC(=O)c1c(CN)n(C)c2cc(C3CCC(F)(F)CC3)ccc12. The molecule has 1 heterocycles. The molecule has 0 spiro atoms. The van der Waals surface area contributed by atoms with Gasteiger partial charge in [0.25, 0.3) is 0 Å². The van der Waals surface area contributed by atoms with Crippen molar-refractivity contribution in [1.29, 1.82) is 0 Å². The minimum Gasteiger partial charge on any atom is -0.462 e. The van der Waals surface area contributed by atoms with Gasteiger partial charge in [0, 0.05) is 43.0 Å². The third-order valence-corrected chi connectivity index (χ3v) is 5.21. The molecule has 136 valence electrons. The number of benzene rings is 1. The molecule has 0 saturated heterocycles. The van der Waals surface area contributed by atoms with Crippen LogP contribution in [0.4, 0.5) is 8.78 Å². The Morgan fingerprint density at radius 3 is 2.64 bits per heavy atom. The van der Waals surface area contributed by atoms with Gasteiger partial charge in [-0.3, -0.25) is 0 Å². The molecule has 1 aromatic heterocycles. The minimum atomic E-state index is -2.53. The molecule has 2 aromatic rings. The van der Waals surface area contributed by atoms with Crippen molar-refractivity contribution in [2.45, 2.75) is 51.0 Å². The number of hydrogen-bond acceptors (Lipinski definition) is 3. The van der Waals surface area contributed by atoms with Crippen LogP contribution in [0.3, 0.4) is 0 Å². The molecule has 1 aromatic carbocycles. The van der Waals surface area contributed by atoms with Gasteiger partial charge in [-0.2, -0.15) is 0 Å². The van der Waals surface area contributed by atoms with Crippen molar-refractivity contribution in [2.75, 3.05) is 6.61 Å². The second-order valence-electron chi connectivity index (χ2n) is 6.71. The van der Waals surface area contributed by atoms with E-state index in [-0.39, 0.29) is 31.3 Å². The molecular formula is C19H24F2N2O2. The summed E-state index contributed by atoms with van der Waals surface area (Å²) < 4.78 is 33.9. The standard InChI is InChI=1S/C19H24F2N2O2/c1-3-25-18(24)17-14-5-4-13(10-15(14)23(2)16(17)11-22)12-6-8-19(20,21)9-7-12/h4-5,10,12H,3,6-9,11,22H2,1-2H3. The maximum absolute atomic E-state index is 13.4. The second kappa shape index (κ2) is 6.75. The van der Waals surface area contributed by atoms with Crippen LogP contribution >= 0.6 is 0 Å². The largest absolute Gasteiger partial charge is 0.462 e. The third kappa shape index (κ3) is 3.27. The maximum atomic E-state index is 13.4. The van der Waals surface area contributed by atoms with E-state index in [1.807, 2.05) is 29.8 Å². The number of hydrogen-bond donors (Lipinski definition) is 1. The Hall–Kier alpha value is -1.95. The van der Waals surface area contributed by atoms with Crippen molar-refractivity contribution < 1.29 is 18.3 Å². The number of fused-ring (bicyclic) bond motifs is 1. The topological polar surface area (TPSA) is 57.2 Å². The lowest BCUT2D eigenvalue weighted by Crippen LogP contribution is -2.23. The molecule has 6 heteroatoms. The Labute approximate surface area is 145 Å². The summed E-state index contributed by atoms with van der Waals surface area (Å²) in [7, 11) is 1.87. The highest BCUT2D eigenvalue weighted by atomic mass is 19.3. The first-order valence-corrected chi connectivity index (χ1v) is 8.74. The van der Waals surface area contributed by atoms with E-state index in [1.54, 1.807) is 6.92 Å². The number of aryl methyl sites for hydroxylation is 1. The average Bonchev–Trinajstić information content (AvgIpc) is 2.87. The predicted molar refractivity (Wildman–Crippen MR) is 92.9 cm³/mol. The zero-order chi connectivity index (χ0) is 18.2. The average molecular weight is 350 g/mol. The fraction of sp³-hybridized carbons (Fsp3) is 0.526. The summed E-state index contributed by atoms with van der Waals surface area (Å²) in [5, 5.41) is 0.797. The number of nitrogens with two attached hydrogens (primary N) is 1. The van der Waals surface area contributed by atoms with E-state index in [9.17, 15) is 13.6 Å². The van der Waals surface area contributed by atoms with Crippen LogP contribution in [-0.4, -0.2) is 23.1 Å². The molecule has 1 aliphatic rings. The van der Waals surface area contributed by atoms with Gasteiger partial charge in [0.2, 0.25) is 5.92 Å². The number of halogens is 2. The first-order chi connectivity index (χ1) is 11.9.